The van der Waals surface area contributed by atoms with Crippen LogP contribution in [0.4, 0.5) is 4.79 Å². The minimum atomic E-state index is 0.247. The molecule has 0 aromatic heterocycles. The molecule has 1 fully saturated rings. The lowest BCUT2D eigenvalue weighted by atomic mass is 10.1. The third kappa shape index (κ3) is 2.33. The summed E-state index contributed by atoms with van der Waals surface area (Å²) in [6.45, 7) is 9.11. The van der Waals surface area contributed by atoms with Gasteiger partial charge in [0.1, 0.15) is 0 Å². The maximum atomic E-state index is 11.5. The Morgan fingerprint density at radius 3 is 2.64 bits per heavy atom. The van der Waals surface area contributed by atoms with Gasteiger partial charge in [-0.2, -0.15) is 0 Å². The number of rotatable bonds is 2. The summed E-state index contributed by atoms with van der Waals surface area (Å²) >= 11 is 0. The van der Waals surface area contributed by atoms with Gasteiger partial charge in [-0.25, -0.2) is 0 Å². The first-order chi connectivity index (χ1) is 6.72. The lowest BCUT2D eigenvalue weighted by molar-refractivity contribution is 0.235. The highest BCUT2D eigenvalue weighted by molar-refractivity contribution is 7.56. The molecular formula is C11H16NOP. The minimum Gasteiger partial charge on any atom is -0.331 e. The van der Waals surface area contributed by atoms with Gasteiger partial charge in [0.2, 0.25) is 5.65 Å². The molecular weight excluding hydrogens is 193 g/mol. The second-order valence-corrected chi connectivity index (χ2v) is 4.08. The molecule has 3 heteroatoms. The zero-order valence-corrected chi connectivity index (χ0v) is 9.71. The number of carbonyl (C=O) groups is 1. The summed E-state index contributed by atoms with van der Waals surface area (Å²) in [5.74, 6) is 0. The molecule has 0 aromatic carbocycles. The molecule has 2 nitrogen and oxygen atoms in total. The van der Waals surface area contributed by atoms with Gasteiger partial charge < -0.3 is 4.90 Å². The highest BCUT2D eigenvalue weighted by Gasteiger charge is 2.23. The van der Waals surface area contributed by atoms with Crippen LogP contribution >= 0.6 is 8.58 Å². The summed E-state index contributed by atoms with van der Waals surface area (Å²) in [5.41, 5.74) is 2.71. The molecule has 1 amide bonds. The first-order valence-electron chi connectivity index (χ1n) is 4.66. The molecule has 1 rings (SSSR count). The standard InChI is InChI=1S/C11H16NOP/c1-4-6-10-8-12(11(13)14-3)7-9(10)5-2/h4-6,14H,1,7-8H2,2-3H3/b9-5-,10-6-. The lowest BCUT2D eigenvalue weighted by Crippen LogP contribution is -2.22. The maximum Gasteiger partial charge on any atom is 0.240 e. The van der Waals surface area contributed by atoms with Crippen LogP contribution in [0.2, 0.25) is 0 Å². The van der Waals surface area contributed by atoms with Gasteiger partial charge in [0.05, 0.1) is 0 Å². The quantitative estimate of drug-likeness (QED) is 0.640. The van der Waals surface area contributed by atoms with E-state index in [1.54, 1.807) is 6.08 Å². The Labute approximate surface area is 87.2 Å². The summed E-state index contributed by atoms with van der Waals surface area (Å²) < 4.78 is 0. The zero-order valence-electron chi connectivity index (χ0n) is 8.71. The Morgan fingerprint density at radius 1 is 1.50 bits per heavy atom. The van der Waals surface area contributed by atoms with E-state index in [4.69, 9.17) is 0 Å². The van der Waals surface area contributed by atoms with Crippen LogP contribution in [0.1, 0.15) is 6.92 Å². The number of likely N-dealkylation sites (tertiary alicyclic amines) is 1. The van der Waals surface area contributed by atoms with Gasteiger partial charge in [-0.05, 0) is 33.3 Å². The number of allylic oxidation sites excluding steroid dienone is 3. The van der Waals surface area contributed by atoms with Crippen molar-refractivity contribution >= 4 is 14.2 Å². The number of carbonyl (C=O) groups excluding carboxylic acids is 1. The Bertz CT molecular complexity index is 304. The van der Waals surface area contributed by atoms with Gasteiger partial charge in [0.25, 0.3) is 0 Å². The van der Waals surface area contributed by atoms with E-state index in [0.717, 1.165) is 13.1 Å². The fourth-order valence-electron chi connectivity index (χ4n) is 1.55. The molecule has 1 saturated heterocycles. The molecule has 14 heavy (non-hydrogen) atoms. The number of nitrogens with zero attached hydrogens (tertiary/aromatic N) is 1. The van der Waals surface area contributed by atoms with Gasteiger partial charge >= 0.3 is 0 Å². The maximum absolute atomic E-state index is 11.5. The molecule has 0 aromatic rings. The van der Waals surface area contributed by atoms with Crippen LogP contribution in [0.25, 0.3) is 0 Å². The van der Waals surface area contributed by atoms with Crippen LogP contribution in [0, 0.1) is 0 Å². The van der Waals surface area contributed by atoms with Gasteiger partial charge in [-0.15, -0.1) is 0 Å². The van der Waals surface area contributed by atoms with Crippen molar-refractivity contribution in [3.05, 3.63) is 36.0 Å². The molecule has 0 bridgehead atoms. The van der Waals surface area contributed by atoms with E-state index in [-0.39, 0.29) is 5.65 Å². The van der Waals surface area contributed by atoms with E-state index in [1.807, 2.05) is 24.6 Å². The van der Waals surface area contributed by atoms with E-state index >= 15 is 0 Å². The van der Waals surface area contributed by atoms with Crippen molar-refractivity contribution in [2.24, 2.45) is 0 Å². The highest BCUT2D eigenvalue weighted by Crippen LogP contribution is 2.25. The zero-order chi connectivity index (χ0) is 10.6. The Hall–Kier alpha value is -0.880. The van der Waals surface area contributed by atoms with E-state index in [1.165, 1.54) is 11.1 Å². The van der Waals surface area contributed by atoms with Crippen molar-refractivity contribution in [2.45, 2.75) is 6.92 Å². The minimum absolute atomic E-state index is 0.247. The smallest absolute Gasteiger partial charge is 0.240 e. The molecule has 1 unspecified atom stereocenters. The Balaban J connectivity index is 2.81. The van der Waals surface area contributed by atoms with E-state index < -0.39 is 0 Å². The number of hydrogen-bond acceptors (Lipinski definition) is 1. The fraction of sp³-hybridized carbons (Fsp3) is 0.364. The average Bonchev–Trinajstić information content (AvgIpc) is 2.60. The summed E-state index contributed by atoms with van der Waals surface area (Å²) in [7, 11) is 0.355. The molecule has 0 spiro atoms. The third-order valence-corrected chi connectivity index (χ3v) is 3.05. The highest BCUT2D eigenvalue weighted by atomic mass is 31.1. The fourth-order valence-corrected chi connectivity index (χ4v) is 2.02. The van der Waals surface area contributed by atoms with Gasteiger partial charge in [-0.3, -0.25) is 4.79 Å². The van der Waals surface area contributed by atoms with Crippen LogP contribution in [0.15, 0.2) is 36.0 Å². The van der Waals surface area contributed by atoms with Crippen LogP contribution < -0.4 is 0 Å². The Morgan fingerprint density at radius 2 is 2.14 bits per heavy atom. The Kier molecular flexibility index (Phi) is 4.09. The predicted molar refractivity (Wildman–Crippen MR) is 63.2 cm³/mol. The van der Waals surface area contributed by atoms with Crippen LogP contribution in [0.3, 0.4) is 0 Å². The molecule has 1 heterocycles. The topological polar surface area (TPSA) is 20.3 Å². The monoisotopic (exact) mass is 209 g/mol. The first-order valence-corrected chi connectivity index (χ1v) is 6.16. The SMILES string of the molecule is C=C/C=C1/CN(C(=O)PC)C/C1=C/C. The lowest BCUT2D eigenvalue weighted by Gasteiger charge is -2.12. The van der Waals surface area contributed by atoms with Crippen molar-refractivity contribution in [3.63, 3.8) is 0 Å². The molecule has 0 saturated carbocycles. The van der Waals surface area contributed by atoms with E-state index in [0.29, 0.717) is 8.58 Å². The second kappa shape index (κ2) is 5.11. The molecule has 0 N–H and O–H groups in total. The molecule has 1 atom stereocenters. The van der Waals surface area contributed by atoms with Crippen molar-refractivity contribution in [1.82, 2.24) is 4.90 Å². The molecule has 0 aliphatic carbocycles. The summed E-state index contributed by atoms with van der Waals surface area (Å²) in [6.07, 6.45) is 5.84. The van der Waals surface area contributed by atoms with Crippen LogP contribution in [0.5, 0.6) is 0 Å². The van der Waals surface area contributed by atoms with E-state index in [2.05, 4.69) is 12.7 Å². The van der Waals surface area contributed by atoms with Gasteiger partial charge in [-0.1, -0.05) is 24.8 Å². The second-order valence-electron chi connectivity index (χ2n) is 3.15. The molecule has 0 radical (unpaired) electrons. The van der Waals surface area contributed by atoms with Crippen molar-refractivity contribution in [3.8, 4) is 0 Å². The summed E-state index contributed by atoms with van der Waals surface area (Å²) in [6, 6.07) is 0. The molecule has 76 valence electrons. The average molecular weight is 209 g/mol. The number of hydrogen-bond donors (Lipinski definition) is 0. The summed E-state index contributed by atoms with van der Waals surface area (Å²) in [4.78, 5) is 13.4. The van der Waals surface area contributed by atoms with Crippen molar-refractivity contribution < 1.29 is 4.79 Å². The predicted octanol–water partition coefficient (Wildman–Crippen LogP) is 2.79. The first kappa shape index (κ1) is 11.2. The van der Waals surface area contributed by atoms with Gasteiger partial charge in [0.15, 0.2) is 0 Å². The largest absolute Gasteiger partial charge is 0.331 e. The molecule has 1 aliphatic heterocycles. The molecule has 1 aliphatic rings. The van der Waals surface area contributed by atoms with Crippen molar-refractivity contribution in [1.29, 1.82) is 0 Å². The van der Waals surface area contributed by atoms with E-state index in [9.17, 15) is 4.79 Å². The third-order valence-electron chi connectivity index (χ3n) is 2.30. The van der Waals surface area contributed by atoms with Crippen LogP contribution in [-0.4, -0.2) is 30.3 Å². The van der Waals surface area contributed by atoms with Crippen molar-refractivity contribution in [2.75, 3.05) is 19.8 Å². The van der Waals surface area contributed by atoms with Gasteiger partial charge in [0, 0.05) is 13.1 Å². The van der Waals surface area contributed by atoms with Crippen LogP contribution in [-0.2, 0) is 0 Å². The normalized spacial score (nSPS) is 22.9. The number of amides is 1. The summed E-state index contributed by atoms with van der Waals surface area (Å²) in [5, 5.41) is 0.